The van der Waals surface area contributed by atoms with Crippen molar-refractivity contribution in [3.63, 3.8) is 0 Å². The molecular weight excluding hydrogens is 402 g/mol. The van der Waals surface area contributed by atoms with E-state index in [1.165, 1.54) is 18.4 Å². The Labute approximate surface area is 191 Å². The van der Waals surface area contributed by atoms with Crippen molar-refractivity contribution in [2.24, 2.45) is 5.92 Å². The van der Waals surface area contributed by atoms with E-state index in [0.717, 1.165) is 55.5 Å². The van der Waals surface area contributed by atoms with Crippen LogP contribution in [0.4, 0.5) is 0 Å². The minimum absolute atomic E-state index is 0.00755. The van der Waals surface area contributed by atoms with Gasteiger partial charge in [0.05, 0.1) is 19.3 Å². The van der Waals surface area contributed by atoms with E-state index in [1.54, 1.807) is 6.92 Å². The second-order valence-corrected chi connectivity index (χ2v) is 9.31. The maximum Gasteiger partial charge on any atom is 0.217 e. The van der Waals surface area contributed by atoms with Crippen molar-refractivity contribution in [2.45, 2.75) is 70.4 Å². The van der Waals surface area contributed by atoms with Crippen molar-refractivity contribution < 1.29 is 19.0 Å². The monoisotopic (exact) mass is 437 g/mol. The van der Waals surface area contributed by atoms with E-state index in [-0.39, 0.29) is 11.9 Å². The molecule has 4 rings (SSSR count). The third-order valence-corrected chi connectivity index (χ3v) is 6.28. The summed E-state index contributed by atoms with van der Waals surface area (Å²) in [7, 11) is 0. The Morgan fingerprint density at radius 3 is 2.38 bits per heavy atom. The summed E-state index contributed by atoms with van der Waals surface area (Å²) < 4.78 is 17.9. The fourth-order valence-electron chi connectivity index (χ4n) is 4.30. The molecule has 172 valence electrons. The van der Waals surface area contributed by atoms with Gasteiger partial charge in [0, 0.05) is 19.0 Å². The third-order valence-electron chi connectivity index (χ3n) is 6.28. The molecule has 2 fully saturated rings. The predicted octanol–water partition coefficient (Wildman–Crippen LogP) is 5.84. The molecule has 32 heavy (non-hydrogen) atoms. The van der Waals surface area contributed by atoms with E-state index in [2.05, 4.69) is 29.6 Å². The van der Waals surface area contributed by atoms with E-state index in [1.807, 2.05) is 31.2 Å². The first-order chi connectivity index (χ1) is 15.5. The van der Waals surface area contributed by atoms with Crippen LogP contribution in [0.3, 0.4) is 0 Å². The van der Waals surface area contributed by atoms with E-state index in [0.29, 0.717) is 18.6 Å². The number of carbonyl (C=O) groups is 1. The van der Waals surface area contributed by atoms with Crippen LogP contribution < -0.4 is 14.8 Å². The molecule has 1 amide bonds. The van der Waals surface area contributed by atoms with Gasteiger partial charge in [0.15, 0.2) is 0 Å². The Kier molecular flexibility index (Phi) is 7.69. The quantitative estimate of drug-likeness (QED) is 0.508. The van der Waals surface area contributed by atoms with Crippen LogP contribution in [-0.4, -0.2) is 31.3 Å². The highest BCUT2D eigenvalue weighted by Crippen LogP contribution is 2.35. The van der Waals surface area contributed by atoms with Crippen molar-refractivity contribution in [3.8, 4) is 17.2 Å². The number of carbonyl (C=O) groups excluding carboxylic acids is 1. The maximum atomic E-state index is 11.1. The number of rotatable bonds is 10. The zero-order valence-corrected chi connectivity index (χ0v) is 19.2. The molecule has 5 nitrogen and oxygen atoms in total. The fraction of sp³-hybridized carbons (Fsp3) is 0.519. The minimum atomic E-state index is -0.00755. The van der Waals surface area contributed by atoms with Gasteiger partial charge in [0.1, 0.15) is 17.2 Å². The molecule has 0 bridgehead atoms. The molecule has 0 aliphatic heterocycles. The van der Waals surface area contributed by atoms with Gasteiger partial charge in [-0.2, -0.15) is 0 Å². The molecular formula is C27H35NO4. The van der Waals surface area contributed by atoms with Gasteiger partial charge in [-0.05, 0) is 87.1 Å². The van der Waals surface area contributed by atoms with Gasteiger partial charge in [0.25, 0.3) is 0 Å². The lowest BCUT2D eigenvalue weighted by atomic mass is 9.83. The average molecular weight is 438 g/mol. The summed E-state index contributed by atoms with van der Waals surface area (Å²) in [4.78, 5) is 11.1. The molecule has 0 aromatic heterocycles. The molecule has 2 saturated carbocycles. The van der Waals surface area contributed by atoms with Gasteiger partial charge in [-0.15, -0.1) is 0 Å². The van der Waals surface area contributed by atoms with Gasteiger partial charge in [-0.1, -0.05) is 18.2 Å². The Bertz CT molecular complexity index is 869. The molecule has 0 spiro atoms. The number of amides is 1. The van der Waals surface area contributed by atoms with Gasteiger partial charge in [-0.3, -0.25) is 4.79 Å². The number of benzene rings is 2. The molecule has 2 aromatic rings. The first-order valence-corrected chi connectivity index (χ1v) is 11.9. The van der Waals surface area contributed by atoms with Crippen molar-refractivity contribution in [2.75, 3.05) is 13.2 Å². The molecule has 1 atom stereocenters. The van der Waals surface area contributed by atoms with Crippen LogP contribution in [-0.2, 0) is 9.53 Å². The van der Waals surface area contributed by atoms with E-state index in [4.69, 9.17) is 14.2 Å². The van der Waals surface area contributed by atoms with Crippen LogP contribution in [0.5, 0.6) is 17.2 Å². The fourth-order valence-corrected chi connectivity index (χ4v) is 4.30. The van der Waals surface area contributed by atoms with E-state index < -0.39 is 0 Å². The van der Waals surface area contributed by atoms with Crippen LogP contribution in [0.15, 0.2) is 48.5 Å². The molecule has 1 unspecified atom stereocenters. The zero-order valence-electron chi connectivity index (χ0n) is 19.2. The summed E-state index contributed by atoms with van der Waals surface area (Å²) in [6.07, 6.45) is 7.23. The molecule has 2 aliphatic rings. The normalized spacial score (nSPS) is 21.6. The third kappa shape index (κ3) is 6.99. The number of nitrogens with one attached hydrogen (secondary N) is 1. The van der Waals surface area contributed by atoms with Gasteiger partial charge in [0.2, 0.25) is 5.91 Å². The molecule has 5 heteroatoms. The Balaban J connectivity index is 1.23. The largest absolute Gasteiger partial charge is 0.493 e. The summed E-state index contributed by atoms with van der Waals surface area (Å²) in [6.45, 7) is 4.90. The van der Waals surface area contributed by atoms with Crippen LogP contribution in [0.1, 0.15) is 63.9 Å². The van der Waals surface area contributed by atoms with Crippen molar-refractivity contribution in [3.05, 3.63) is 54.1 Å². The van der Waals surface area contributed by atoms with Crippen LogP contribution >= 0.6 is 0 Å². The molecule has 1 N–H and O–H groups in total. The van der Waals surface area contributed by atoms with Crippen molar-refractivity contribution in [1.82, 2.24) is 5.32 Å². The average Bonchev–Trinajstić information content (AvgIpc) is 3.62. The van der Waals surface area contributed by atoms with E-state index in [9.17, 15) is 4.79 Å². The predicted molar refractivity (Wildman–Crippen MR) is 125 cm³/mol. The van der Waals surface area contributed by atoms with E-state index >= 15 is 0 Å². The lowest BCUT2D eigenvalue weighted by molar-refractivity contribution is -0.120. The van der Waals surface area contributed by atoms with Crippen LogP contribution in [0.25, 0.3) is 0 Å². The standard InChI is InChI=1S/C27H35NO4/c1-19(28-20(2)29)17-30-24-12-8-22(9-13-24)23-10-14-25(15-11-23)32-27-5-3-4-26(16-27)31-18-21-6-7-21/h3-5,10-11,14-16,19,21-22,24H,6-9,12-13,17-18H2,1-2H3,(H,28,29). The zero-order chi connectivity index (χ0) is 22.3. The highest BCUT2D eigenvalue weighted by molar-refractivity contribution is 5.73. The summed E-state index contributed by atoms with van der Waals surface area (Å²) in [5, 5.41) is 2.87. The summed E-state index contributed by atoms with van der Waals surface area (Å²) in [5.74, 6) is 3.81. The topological polar surface area (TPSA) is 56.8 Å². The van der Waals surface area contributed by atoms with Crippen molar-refractivity contribution in [1.29, 1.82) is 0 Å². The summed E-state index contributed by atoms with van der Waals surface area (Å²) in [6, 6.07) is 16.4. The lowest BCUT2D eigenvalue weighted by Gasteiger charge is -2.29. The number of hydrogen-bond acceptors (Lipinski definition) is 4. The molecule has 0 radical (unpaired) electrons. The number of hydrogen-bond donors (Lipinski definition) is 1. The molecule has 0 heterocycles. The van der Waals surface area contributed by atoms with Crippen LogP contribution in [0, 0.1) is 5.92 Å². The Hall–Kier alpha value is -2.53. The lowest BCUT2D eigenvalue weighted by Crippen LogP contribution is -2.36. The summed E-state index contributed by atoms with van der Waals surface area (Å²) >= 11 is 0. The highest BCUT2D eigenvalue weighted by Gasteiger charge is 2.24. The van der Waals surface area contributed by atoms with Gasteiger partial charge < -0.3 is 19.5 Å². The second kappa shape index (κ2) is 10.9. The first-order valence-electron chi connectivity index (χ1n) is 11.9. The molecule has 0 saturated heterocycles. The van der Waals surface area contributed by atoms with Crippen molar-refractivity contribution >= 4 is 5.91 Å². The molecule has 2 aromatic carbocycles. The number of ether oxygens (including phenoxy) is 3. The minimum Gasteiger partial charge on any atom is -0.493 e. The second-order valence-electron chi connectivity index (χ2n) is 9.31. The Morgan fingerprint density at radius 2 is 1.69 bits per heavy atom. The van der Waals surface area contributed by atoms with Gasteiger partial charge >= 0.3 is 0 Å². The van der Waals surface area contributed by atoms with Crippen LogP contribution in [0.2, 0.25) is 0 Å². The van der Waals surface area contributed by atoms with Gasteiger partial charge in [-0.25, -0.2) is 0 Å². The Morgan fingerprint density at radius 1 is 0.969 bits per heavy atom. The first kappa shape index (κ1) is 22.7. The smallest absolute Gasteiger partial charge is 0.217 e. The summed E-state index contributed by atoms with van der Waals surface area (Å²) in [5.41, 5.74) is 1.36. The highest BCUT2D eigenvalue weighted by atomic mass is 16.5. The SMILES string of the molecule is CC(=O)NC(C)COC1CCC(c2ccc(Oc3cccc(OCC4CC4)c3)cc2)CC1. The maximum absolute atomic E-state index is 11.1. The molecule has 2 aliphatic carbocycles.